The lowest BCUT2D eigenvalue weighted by Crippen LogP contribution is -2.18. The molecule has 0 radical (unpaired) electrons. The van der Waals surface area contributed by atoms with Crippen LogP contribution in [0.3, 0.4) is 0 Å². The summed E-state index contributed by atoms with van der Waals surface area (Å²) in [7, 11) is 1.41. The number of ether oxygens (including phenoxy) is 3. The van der Waals surface area contributed by atoms with Gasteiger partial charge in [-0.2, -0.15) is 13.2 Å². The van der Waals surface area contributed by atoms with Crippen LogP contribution in [0.25, 0.3) is 5.69 Å². The molecule has 1 aliphatic heterocycles. The fourth-order valence-electron chi connectivity index (χ4n) is 3.86. The number of nitrogens with zero attached hydrogens (tertiary/aromatic N) is 3. The Balaban J connectivity index is 2.00. The van der Waals surface area contributed by atoms with Crippen LogP contribution in [0, 0.1) is 0 Å². The molecule has 1 aliphatic rings. The van der Waals surface area contributed by atoms with Crippen molar-refractivity contribution in [3.05, 3.63) is 69.2 Å². The number of esters is 1. The highest BCUT2D eigenvalue weighted by molar-refractivity contribution is 6.32. The molecule has 34 heavy (non-hydrogen) atoms. The molecule has 2 atom stereocenters. The number of para-hydroxylation sites is 1. The Hall–Kier alpha value is -2.82. The minimum atomic E-state index is -4.83. The van der Waals surface area contributed by atoms with Gasteiger partial charge in [-0.3, -0.25) is 9.36 Å². The van der Waals surface area contributed by atoms with E-state index in [9.17, 15) is 18.0 Å². The molecule has 7 nitrogen and oxygen atoms in total. The van der Waals surface area contributed by atoms with Gasteiger partial charge >= 0.3 is 12.1 Å². The summed E-state index contributed by atoms with van der Waals surface area (Å²) in [6.45, 7) is 1.71. The second-order valence-corrected chi connectivity index (χ2v) is 8.14. The number of carbonyl (C=O) groups is 1. The molecule has 0 aliphatic carbocycles. The van der Waals surface area contributed by atoms with Crippen molar-refractivity contribution in [1.82, 2.24) is 14.8 Å². The standard InChI is InChI=1S/C22H18Cl2F3N3O4/c1-3-33-17(31)10-16-20-28-29-21(22(25,26)27)30(20)15-8-7-11(23)9-13(15)18(34-16)12-5-4-6-14(24)19(12)32-2/h4-9,16,18H,3,10H2,1-2H3. The number of fused-ring (bicyclic) bond motifs is 3. The van der Waals surface area contributed by atoms with E-state index in [1.807, 2.05) is 0 Å². The maximum Gasteiger partial charge on any atom is 0.452 e. The van der Waals surface area contributed by atoms with E-state index >= 15 is 0 Å². The van der Waals surface area contributed by atoms with Gasteiger partial charge in [0.1, 0.15) is 18.0 Å². The molecule has 2 aromatic carbocycles. The summed E-state index contributed by atoms with van der Waals surface area (Å²) in [5.41, 5.74) is 0.806. The lowest BCUT2D eigenvalue weighted by atomic mass is 9.98. The van der Waals surface area contributed by atoms with E-state index in [1.54, 1.807) is 25.1 Å². The number of benzene rings is 2. The fraction of sp³-hybridized carbons (Fsp3) is 0.318. The number of aromatic nitrogens is 3. The molecular weight excluding hydrogens is 498 g/mol. The zero-order valence-electron chi connectivity index (χ0n) is 17.9. The van der Waals surface area contributed by atoms with Gasteiger partial charge < -0.3 is 14.2 Å². The summed E-state index contributed by atoms with van der Waals surface area (Å²) in [4.78, 5) is 12.3. The van der Waals surface area contributed by atoms with Gasteiger partial charge in [0.25, 0.3) is 0 Å². The van der Waals surface area contributed by atoms with Crippen LogP contribution in [0.15, 0.2) is 36.4 Å². The molecule has 0 spiro atoms. The van der Waals surface area contributed by atoms with Gasteiger partial charge in [-0.1, -0.05) is 35.3 Å². The third kappa shape index (κ3) is 4.45. The second kappa shape index (κ2) is 9.44. The van der Waals surface area contributed by atoms with Crippen molar-refractivity contribution in [3.8, 4) is 11.4 Å². The average Bonchev–Trinajstić information content (AvgIpc) is 3.17. The van der Waals surface area contributed by atoms with E-state index in [2.05, 4.69) is 10.2 Å². The van der Waals surface area contributed by atoms with E-state index in [1.165, 1.54) is 25.3 Å². The molecule has 2 unspecified atom stereocenters. The molecule has 1 aromatic heterocycles. The van der Waals surface area contributed by atoms with Crippen LogP contribution in [0.1, 0.15) is 48.3 Å². The topological polar surface area (TPSA) is 75.5 Å². The molecule has 0 fully saturated rings. The molecule has 0 bridgehead atoms. The molecule has 0 saturated heterocycles. The third-order valence-electron chi connectivity index (χ3n) is 5.18. The second-order valence-electron chi connectivity index (χ2n) is 7.29. The number of methoxy groups -OCH3 is 1. The zero-order valence-corrected chi connectivity index (χ0v) is 19.4. The van der Waals surface area contributed by atoms with Gasteiger partial charge in [0.05, 0.1) is 30.8 Å². The van der Waals surface area contributed by atoms with Crippen LogP contribution in [0.2, 0.25) is 10.0 Å². The lowest BCUT2D eigenvalue weighted by Gasteiger charge is -2.24. The predicted octanol–water partition coefficient (Wildman–Crippen LogP) is 5.72. The van der Waals surface area contributed by atoms with Crippen LogP contribution < -0.4 is 4.74 Å². The SMILES string of the molecule is CCOC(=O)CC1OC(c2cccc(Cl)c2OC)c2cc(Cl)ccc2-n2c1nnc2C(F)(F)F. The van der Waals surface area contributed by atoms with Crippen molar-refractivity contribution in [1.29, 1.82) is 0 Å². The summed E-state index contributed by atoms with van der Waals surface area (Å²) in [6, 6.07) is 9.27. The van der Waals surface area contributed by atoms with Crippen molar-refractivity contribution in [2.24, 2.45) is 0 Å². The van der Waals surface area contributed by atoms with E-state index in [4.69, 9.17) is 37.4 Å². The van der Waals surface area contributed by atoms with Gasteiger partial charge in [0.2, 0.25) is 5.82 Å². The van der Waals surface area contributed by atoms with Crippen LogP contribution >= 0.6 is 23.2 Å². The Morgan fingerprint density at radius 1 is 1.18 bits per heavy atom. The molecule has 3 aromatic rings. The van der Waals surface area contributed by atoms with Crippen LogP contribution in [0.4, 0.5) is 13.2 Å². The summed E-state index contributed by atoms with van der Waals surface area (Å²) in [6.07, 6.45) is -7.47. The fourth-order valence-corrected chi connectivity index (χ4v) is 4.30. The van der Waals surface area contributed by atoms with Gasteiger partial charge in [-0.25, -0.2) is 0 Å². The van der Waals surface area contributed by atoms with Crippen LogP contribution in [0.5, 0.6) is 5.75 Å². The maximum atomic E-state index is 13.9. The van der Waals surface area contributed by atoms with Crippen LogP contribution in [-0.4, -0.2) is 34.5 Å². The van der Waals surface area contributed by atoms with Crippen molar-refractivity contribution in [2.45, 2.75) is 31.7 Å². The zero-order chi connectivity index (χ0) is 24.6. The van der Waals surface area contributed by atoms with E-state index in [-0.39, 0.29) is 39.5 Å². The molecule has 0 saturated carbocycles. The minimum absolute atomic E-state index is 0.0907. The van der Waals surface area contributed by atoms with E-state index in [0.29, 0.717) is 5.56 Å². The third-order valence-corrected chi connectivity index (χ3v) is 5.72. The van der Waals surface area contributed by atoms with Gasteiger partial charge in [-0.15, -0.1) is 10.2 Å². The Morgan fingerprint density at radius 3 is 2.62 bits per heavy atom. The Labute approximate surface area is 202 Å². The molecule has 180 valence electrons. The van der Waals surface area contributed by atoms with Crippen molar-refractivity contribution < 1.29 is 32.2 Å². The summed E-state index contributed by atoms with van der Waals surface area (Å²) in [5, 5.41) is 7.65. The highest BCUT2D eigenvalue weighted by atomic mass is 35.5. The quantitative estimate of drug-likeness (QED) is 0.404. The monoisotopic (exact) mass is 515 g/mol. The summed E-state index contributed by atoms with van der Waals surface area (Å²) in [5.74, 6) is -1.87. The van der Waals surface area contributed by atoms with Gasteiger partial charge in [0.15, 0.2) is 5.82 Å². The first-order valence-corrected chi connectivity index (χ1v) is 10.9. The molecule has 0 N–H and O–H groups in total. The van der Waals surface area contributed by atoms with E-state index in [0.717, 1.165) is 4.57 Å². The summed E-state index contributed by atoms with van der Waals surface area (Å²) >= 11 is 12.5. The van der Waals surface area contributed by atoms with Crippen molar-refractivity contribution in [3.63, 3.8) is 0 Å². The number of rotatable bonds is 5. The highest BCUT2D eigenvalue weighted by Gasteiger charge is 2.44. The van der Waals surface area contributed by atoms with E-state index < -0.39 is 36.6 Å². The Bertz CT molecular complexity index is 1230. The van der Waals surface area contributed by atoms with Crippen molar-refractivity contribution in [2.75, 3.05) is 13.7 Å². The van der Waals surface area contributed by atoms with Gasteiger partial charge in [0, 0.05) is 16.1 Å². The first kappa shape index (κ1) is 24.3. The smallest absolute Gasteiger partial charge is 0.452 e. The molecule has 12 heteroatoms. The Kier molecular flexibility index (Phi) is 6.75. The Morgan fingerprint density at radius 2 is 1.94 bits per heavy atom. The largest absolute Gasteiger partial charge is 0.495 e. The minimum Gasteiger partial charge on any atom is -0.495 e. The molecule has 2 heterocycles. The van der Waals surface area contributed by atoms with Crippen LogP contribution in [-0.2, 0) is 20.4 Å². The lowest BCUT2D eigenvalue weighted by molar-refractivity contribution is -0.147. The number of alkyl halides is 3. The number of halogens is 5. The molecule has 4 rings (SSSR count). The first-order valence-electron chi connectivity index (χ1n) is 10.1. The maximum absolute atomic E-state index is 13.9. The predicted molar refractivity (Wildman–Crippen MR) is 116 cm³/mol. The number of carbonyl (C=O) groups excluding carboxylic acids is 1. The summed E-state index contributed by atoms with van der Waals surface area (Å²) < 4.78 is 59.3. The molecule has 0 amide bonds. The normalized spacial score (nSPS) is 17.5. The van der Waals surface area contributed by atoms with Gasteiger partial charge in [-0.05, 0) is 31.2 Å². The average molecular weight is 516 g/mol. The number of hydrogen-bond acceptors (Lipinski definition) is 6. The highest BCUT2D eigenvalue weighted by Crippen LogP contribution is 2.46. The number of hydrogen-bond donors (Lipinski definition) is 0. The molecular formula is C22H18Cl2F3N3O4. The van der Waals surface area contributed by atoms with Crippen molar-refractivity contribution >= 4 is 29.2 Å². The first-order chi connectivity index (χ1) is 16.2.